The van der Waals surface area contributed by atoms with E-state index in [0.29, 0.717) is 26.1 Å². The summed E-state index contributed by atoms with van der Waals surface area (Å²) in [4.78, 5) is 121. The zero-order valence-corrected chi connectivity index (χ0v) is 76.1. The fourth-order valence-electron chi connectivity index (χ4n) is 6.57. The molecule has 3 aromatic rings. The zero-order valence-electron chi connectivity index (χ0n) is 75.3. The number of hydrogen-bond acceptors (Lipinski definition) is 25. The molecule has 4 amide bonds. The Labute approximate surface area is 687 Å². The molecule has 0 bridgehead atoms. The van der Waals surface area contributed by atoms with Gasteiger partial charge < -0.3 is 77.3 Å². The number of ether oxygens (including phenoxy) is 11. The maximum absolute atomic E-state index is 12.5. The van der Waals surface area contributed by atoms with Gasteiger partial charge >= 0.3 is 60.4 Å². The molecular weight excluding hydrogens is 1520 g/mol. The number of alkyl carbamates (subject to hydrolysis) is 2. The van der Waals surface area contributed by atoms with Crippen LogP contribution in [-0.2, 0) is 108 Å². The second-order valence-corrected chi connectivity index (χ2v) is 30.7. The van der Waals surface area contributed by atoms with Crippen LogP contribution in [0.15, 0.2) is 89.8 Å². The number of carbonyl (C=O) groups is 11. The molecule has 0 aromatic heterocycles. The van der Waals surface area contributed by atoms with Crippen molar-refractivity contribution in [1.82, 2.24) is 20.4 Å². The number of benzene rings is 3. The Morgan fingerprint density at radius 3 is 1.17 bits per heavy atom. The number of rotatable bonds is 24. The normalized spacial score (nSPS) is 10.8. The van der Waals surface area contributed by atoms with Crippen molar-refractivity contribution in [3.8, 4) is 0 Å². The highest BCUT2D eigenvalue weighted by Gasteiger charge is 2.31. The minimum atomic E-state index is -3.74. The van der Waals surface area contributed by atoms with Crippen molar-refractivity contribution in [2.24, 2.45) is 11.3 Å². The molecule has 0 spiro atoms. The average Bonchev–Trinajstić information content (AvgIpc) is 1.51. The zero-order chi connectivity index (χ0) is 90.9. The number of halogens is 1. The van der Waals surface area contributed by atoms with Gasteiger partial charge in [-0.2, -0.15) is 8.42 Å². The summed E-state index contributed by atoms with van der Waals surface area (Å²) in [6.07, 6.45) is 1.33. The summed E-state index contributed by atoms with van der Waals surface area (Å²) >= 11 is 0. The van der Waals surface area contributed by atoms with Crippen LogP contribution in [0.2, 0.25) is 0 Å². The molecular formula is C84H145FN4O25S. The first-order valence-corrected chi connectivity index (χ1v) is 40.0. The fourth-order valence-corrected chi connectivity index (χ4v) is 7.66. The highest BCUT2D eigenvalue weighted by molar-refractivity contribution is 7.86. The van der Waals surface area contributed by atoms with Crippen LogP contribution in [0.3, 0.4) is 0 Å². The van der Waals surface area contributed by atoms with Crippen LogP contribution in [0.1, 0.15) is 250 Å². The molecule has 2 N–H and O–H groups in total. The van der Waals surface area contributed by atoms with Gasteiger partial charge in [0.1, 0.15) is 11.6 Å². The molecule has 1 aliphatic carbocycles. The van der Waals surface area contributed by atoms with Gasteiger partial charge in [0.25, 0.3) is 10.1 Å². The van der Waals surface area contributed by atoms with E-state index in [0.717, 1.165) is 42.5 Å². The molecule has 664 valence electrons. The molecule has 115 heavy (non-hydrogen) atoms. The molecule has 31 heteroatoms. The topological polar surface area (TPSA) is 363 Å². The van der Waals surface area contributed by atoms with E-state index in [9.17, 15) is 65.5 Å². The number of amides is 4. The van der Waals surface area contributed by atoms with Crippen LogP contribution in [0, 0.1) is 17.2 Å². The second-order valence-electron chi connectivity index (χ2n) is 29.2. The molecule has 0 heterocycles. The molecule has 1 aliphatic rings. The van der Waals surface area contributed by atoms with Crippen molar-refractivity contribution >= 4 is 76.3 Å². The number of nitrogens with one attached hydrogen (secondary N) is 2. The lowest BCUT2D eigenvalue weighted by Crippen LogP contribution is -2.28. The number of esters is 5. The van der Waals surface area contributed by atoms with Gasteiger partial charge in [-0.25, -0.2) is 28.4 Å². The summed E-state index contributed by atoms with van der Waals surface area (Å²) in [5.41, 5.74) is 1.79. The quantitative estimate of drug-likeness (QED) is 0.0478. The van der Waals surface area contributed by atoms with Crippen molar-refractivity contribution in [1.29, 1.82) is 0 Å². The highest BCUT2D eigenvalue weighted by atomic mass is 32.2. The minimum Gasteiger partial charge on any atom is -0.463 e. The van der Waals surface area contributed by atoms with Gasteiger partial charge in [-0.05, 0) is 242 Å². The summed E-state index contributed by atoms with van der Waals surface area (Å²) in [5.74, 6) is -0.961. The Morgan fingerprint density at radius 1 is 0.470 bits per heavy atom. The van der Waals surface area contributed by atoms with Gasteiger partial charge in [0.05, 0.1) is 96.4 Å². The van der Waals surface area contributed by atoms with Gasteiger partial charge in [0.15, 0.2) is 0 Å². The SMILES string of the molecule is CC(=O)CCC(=O)OC(C)C.CC(=O)OC(C)C.CC(C)OC(=O)C(C)(C)C.CC(C)OC(=O)C1CC1.CC(C)OC(=O)N(C)C.CC(C)OC(=O)N(C)Cc1ccccc1.CC(C)OC(=O)NCc1ccccc1.CC(C)OS(=O)(=O)c1ccc(F)cc1.CCCC(=O)OC(C)C.CCOC(=O)OC(C)C.CNC(=O)OC(C)C. The molecule has 4 rings (SSSR count). The predicted molar refractivity (Wildman–Crippen MR) is 442 cm³/mol. The van der Waals surface area contributed by atoms with E-state index >= 15 is 0 Å². The van der Waals surface area contributed by atoms with Crippen LogP contribution in [-0.4, -0.2) is 186 Å². The summed E-state index contributed by atoms with van der Waals surface area (Å²) in [6, 6.07) is 24.1. The lowest BCUT2D eigenvalue weighted by atomic mass is 9.97. The maximum Gasteiger partial charge on any atom is 0.508 e. The third kappa shape index (κ3) is 90.3. The Hall–Kier alpha value is -9.13. The second kappa shape index (κ2) is 70.3. The van der Waals surface area contributed by atoms with E-state index in [4.69, 9.17) is 37.3 Å². The standard InChI is InChI=1S/C12H17NO2.C11H15NO2.C9H11FO3S.C8H14O3.C8H16O2.C7H12O2.C7H14O2.C6H13NO2.C6H12O3.C5H11NO2.C5H10O2/c1-10(2)15-12(14)13(3)9-11-7-5-4-6-8-11;1-9(2)14-11(13)12-8-10-6-4-3-5-7-10;1-7(2)13-14(11,12)9-5-3-8(10)4-6-9;1-6(2)11-8(10)5-4-7(3)9;1-6(2)10-7(9)8(3,4)5;1-5(2)9-7(8)6-3-4-6;1-4-5-7(8)9-6(2)3;1-5(2)9-6(8)7(3)4;1-4-8-6(7)9-5(2)3;1-4(2)8-5(7)6-3;1-4(2)7-5(3)6/h4-8,10H,9H2,1-3H3;3-7,9H,8H2,1-2H3,(H,12,13);3-7H,1-2H3;6H,4-5H2,1-3H3;6H,1-5H3;5-6H,3-4H2,1-2H3;6H,4-5H2,1-3H3;5H,1-4H3;5H,4H2,1-3H3;4H,1-3H3,(H,6,7);4H,1-3H3. The third-order valence-corrected chi connectivity index (χ3v) is 12.8. The van der Waals surface area contributed by atoms with Crippen molar-refractivity contribution in [2.45, 2.75) is 324 Å². The molecule has 29 nitrogen and oxygen atoms in total. The van der Waals surface area contributed by atoms with Crippen molar-refractivity contribution < 1.29 is 122 Å². The molecule has 0 atom stereocenters. The Balaban J connectivity index is -0.000000225. The van der Waals surface area contributed by atoms with Crippen LogP contribution in [0.25, 0.3) is 0 Å². The average molecular weight is 1660 g/mol. The van der Waals surface area contributed by atoms with Crippen molar-refractivity contribution in [3.05, 3.63) is 102 Å². The smallest absolute Gasteiger partial charge is 0.463 e. The Kier molecular flexibility index (Phi) is 72.8. The number of hydrogen-bond donors (Lipinski definition) is 2. The van der Waals surface area contributed by atoms with Crippen molar-refractivity contribution in [3.63, 3.8) is 0 Å². The highest BCUT2D eigenvalue weighted by Crippen LogP contribution is 2.30. The maximum atomic E-state index is 12.5. The van der Waals surface area contributed by atoms with Gasteiger partial charge in [-0.1, -0.05) is 67.6 Å². The number of ketones is 1. The lowest BCUT2D eigenvalue weighted by Gasteiger charge is -2.18. The van der Waals surface area contributed by atoms with Gasteiger partial charge in [0.2, 0.25) is 0 Å². The number of Topliss-reactive ketones (excluding diaryl/α,β-unsaturated/α-hetero) is 1. The van der Waals surface area contributed by atoms with Crippen LogP contribution >= 0.6 is 0 Å². The predicted octanol–water partition coefficient (Wildman–Crippen LogP) is 17.7. The van der Waals surface area contributed by atoms with E-state index in [1.807, 2.05) is 185 Å². The first-order valence-electron chi connectivity index (χ1n) is 38.6. The molecule has 3 aromatic carbocycles. The fraction of sp³-hybridized carbons (Fsp3) is 0.655. The molecule has 1 fully saturated rings. The summed E-state index contributed by atoms with van der Waals surface area (Å²) in [6.45, 7) is 53.3. The Morgan fingerprint density at radius 2 is 0.861 bits per heavy atom. The Bertz CT molecular complexity index is 3150. The third-order valence-electron chi connectivity index (χ3n) is 11.3. The number of nitrogens with zero attached hydrogens (tertiary/aromatic N) is 2. The van der Waals surface area contributed by atoms with Gasteiger partial charge in [0, 0.05) is 61.0 Å². The van der Waals surface area contributed by atoms with E-state index < -0.39 is 28.2 Å². The molecule has 0 unspecified atom stereocenters. The summed E-state index contributed by atoms with van der Waals surface area (Å²) in [5, 5.41) is 5.00. The summed E-state index contributed by atoms with van der Waals surface area (Å²) < 4.78 is 92.8. The lowest BCUT2D eigenvalue weighted by molar-refractivity contribution is -0.157. The number of carbonyl (C=O) groups excluding carboxylic acids is 11. The molecule has 0 aliphatic heterocycles. The van der Waals surface area contributed by atoms with E-state index in [2.05, 4.69) is 29.6 Å². The largest absolute Gasteiger partial charge is 0.508 e. The summed E-state index contributed by atoms with van der Waals surface area (Å²) in [7, 11) is 2.84. The minimum absolute atomic E-state index is 0.00766. The monoisotopic (exact) mass is 1660 g/mol. The molecule has 0 radical (unpaired) electrons. The molecule has 0 saturated heterocycles. The van der Waals surface area contributed by atoms with E-state index in [1.54, 1.807) is 88.4 Å². The van der Waals surface area contributed by atoms with Crippen molar-refractivity contribution in [2.75, 3.05) is 34.8 Å². The first kappa shape index (κ1) is 119. The van der Waals surface area contributed by atoms with Crippen LogP contribution in [0.4, 0.5) is 28.4 Å². The van der Waals surface area contributed by atoms with Gasteiger partial charge in [-0.15, -0.1) is 0 Å². The van der Waals surface area contributed by atoms with Gasteiger partial charge in [-0.3, -0.25) is 28.2 Å². The first-order chi connectivity index (χ1) is 52.9. The van der Waals surface area contributed by atoms with Crippen LogP contribution in [0.5, 0.6) is 0 Å². The molecule has 1 saturated carbocycles. The van der Waals surface area contributed by atoms with Crippen LogP contribution < -0.4 is 10.6 Å². The van der Waals surface area contributed by atoms with E-state index in [-0.39, 0.29) is 150 Å². The van der Waals surface area contributed by atoms with E-state index in [1.165, 1.54) is 37.9 Å².